The number of sulfonamides is 1. The van der Waals surface area contributed by atoms with Crippen molar-refractivity contribution in [2.24, 2.45) is 0 Å². The SMILES string of the molecule is CN(C)c1ccccc1NS(=O)(=O)c1cncs1. The molecule has 0 radical (unpaired) electrons. The lowest BCUT2D eigenvalue weighted by atomic mass is 10.2. The standard InChI is InChI=1S/C11H13N3O2S2/c1-14(2)10-6-4-3-5-9(10)13-18(15,16)11-7-12-8-17-11/h3-8,13H,1-2H3. The third-order valence-electron chi connectivity index (χ3n) is 2.30. The minimum Gasteiger partial charge on any atom is -0.376 e. The van der Waals surface area contributed by atoms with Crippen LogP contribution in [-0.4, -0.2) is 27.5 Å². The molecule has 0 bridgehead atoms. The van der Waals surface area contributed by atoms with E-state index in [1.807, 2.05) is 31.1 Å². The van der Waals surface area contributed by atoms with Gasteiger partial charge in [0, 0.05) is 14.1 Å². The van der Waals surface area contributed by atoms with Gasteiger partial charge in [0.25, 0.3) is 10.0 Å². The first-order valence-electron chi connectivity index (χ1n) is 5.18. The largest absolute Gasteiger partial charge is 0.376 e. The summed E-state index contributed by atoms with van der Waals surface area (Å²) in [6.07, 6.45) is 1.34. The minimum atomic E-state index is -3.55. The molecule has 0 fully saturated rings. The molecule has 1 N–H and O–H groups in total. The average Bonchev–Trinajstić information content (AvgIpc) is 2.83. The molecule has 1 aromatic heterocycles. The van der Waals surface area contributed by atoms with Gasteiger partial charge in [-0.25, -0.2) is 8.42 Å². The van der Waals surface area contributed by atoms with Crippen LogP contribution in [0.1, 0.15) is 0 Å². The maximum atomic E-state index is 12.1. The van der Waals surface area contributed by atoms with Crippen molar-refractivity contribution in [3.8, 4) is 0 Å². The first-order valence-corrected chi connectivity index (χ1v) is 7.54. The molecule has 0 spiro atoms. The Labute approximate surface area is 110 Å². The van der Waals surface area contributed by atoms with Crippen LogP contribution in [0.3, 0.4) is 0 Å². The molecule has 96 valence electrons. The van der Waals surface area contributed by atoms with Crippen LogP contribution in [0.2, 0.25) is 0 Å². The predicted octanol–water partition coefficient (Wildman–Crippen LogP) is 2.01. The predicted molar refractivity (Wildman–Crippen MR) is 73.7 cm³/mol. The summed E-state index contributed by atoms with van der Waals surface area (Å²) in [5.74, 6) is 0. The van der Waals surface area contributed by atoms with Crippen molar-refractivity contribution in [2.75, 3.05) is 23.7 Å². The molecule has 0 aliphatic carbocycles. The second-order valence-electron chi connectivity index (χ2n) is 3.84. The number of hydrogen-bond acceptors (Lipinski definition) is 5. The van der Waals surface area contributed by atoms with Crippen LogP contribution in [-0.2, 0) is 10.0 Å². The van der Waals surface area contributed by atoms with Gasteiger partial charge in [-0.1, -0.05) is 12.1 Å². The fourth-order valence-electron chi connectivity index (χ4n) is 1.48. The highest BCUT2D eigenvalue weighted by atomic mass is 32.2. The van der Waals surface area contributed by atoms with E-state index in [2.05, 4.69) is 9.71 Å². The number of rotatable bonds is 4. The maximum Gasteiger partial charge on any atom is 0.273 e. The van der Waals surface area contributed by atoms with Crippen molar-refractivity contribution in [3.05, 3.63) is 36.0 Å². The zero-order valence-corrected chi connectivity index (χ0v) is 11.6. The van der Waals surface area contributed by atoms with Gasteiger partial charge in [0.2, 0.25) is 0 Å². The molecule has 0 aliphatic rings. The molecule has 1 aromatic carbocycles. The van der Waals surface area contributed by atoms with E-state index in [0.29, 0.717) is 5.69 Å². The Balaban J connectivity index is 2.36. The second-order valence-corrected chi connectivity index (χ2v) is 6.63. The topological polar surface area (TPSA) is 62.3 Å². The summed E-state index contributed by atoms with van der Waals surface area (Å²) < 4.78 is 26.9. The Kier molecular flexibility index (Phi) is 3.53. The van der Waals surface area contributed by atoms with Crippen molar-refractivity contribution in [1.29, 1.82) is 0 Å². The highest BCUT2D eigenvalue weighted by Gasteiger charge is 2.17. The minimum absolute atomic E-state index is 0.205. The van der Waals surface area contributed by atoms with Gasteiger partial charge >= 0.3 is 0 Å². The Morgan fingerprint density at radius 3 is 2.61 bits per heavy atom. The van der Waals surface area contributed by atoms with E-state index in [4.69, 9.17) is 0 Å². The van der Waals surface area contributed by atoms with Crippen molar-refractivity contribution in [3.63, 3.8) is 0 Å². The number of anilines is 2. The molecular weight excluding hydrogens is 270 g/mol. The van der Waals surface area contributed by atoms with Gasteiger partial charge in [-0.15, -0.1) is 11.3 Å². The summed E-state index contributed by atoms with van der Waals surface area (Å²) >= 11 is 1.09. The number of hydrogen-bond donors (Lipinski definition) is 1. The molecule has 1 heterocycles. The van der Waals surface area contributed by atoms with Crippen LogP contribution in [0.4, 0.5) is 11.4 Å². The maximum absolute atomic E-state index is 12.1. The van der Waals surface area contributed by atoms with Crippen molar-refractivity contribution < 1.29 is 8.42 Å². The smallest absolute Gasteiger partial charge is 0.273 e. The fraction of sp³-hybridized carbons (Fsp3) is 0.182. The fourth-order valence-corrected chi connectivity index (χ4v) is 3.35. The van der Waals surface area contributed by atoms with Gasteiger partial charge in [-0.3, -0.25) is 9.71 Å². The summed E-state index contributed by atoms with van der Waals surface area (Å²) in [7, 11) is 0.175. The summed E-state index contributed by atoms with van der Waals surface area (Å²) in [6.45, 7) is 0. The van der Waals surface area contributed by atoms with Gasteiger partial charge in [-0.05, 0) is 12.1 Å². The van der Waals surface area contributed by atoms with E-state index in [0.717, 1.165) is 17.0 Å². The van der Waals surface area contributed by atoms with Crippen molar-refractivity contribution >= 4 is 32.7 Å². The lowest BCUT2D eigenvalue weighted by molar-refractivity contribution is 0.603. The summed E-state index contributed by atoms with van der Waals surface area (Å²) in [5, 5.41) is 0. The van der Waals surface area contributed by atoms with Gasteiger partial charge in [-0.2, -0.15) is 0 Å². The molecule has 0 atom stereocenters. The van der Waals surface area contributed by atoms with Crippen molar-refractivity contribution in [1.82, 2.24) is 4.98 Å². The number of para-hydroxylation sites is 2. The molecule has 2 aromatic rings. The molecule has 7 heteroatoms. The highest BCUT2D eigenvalue weighted by molar-refractivity contribution is 7.94. The molecule has 0 amide bonds. The lowest BCUT2D eigenvalue weighted by Crippen LogP contribution is -2.16. The monoisotopic (exact) mass is 283 g/mol. The van der Waals surface area contributed by atoms with E-state index in [9.17, 15) is 8.42 Å². The molecule has 5 nitrogen and oxygen atoms in total. The Morgan fingerprint density at radius 1 is 1.28 bits per heavy atom. The lowest BCUT2D eigenvalue weighted by Gasteiger charge is -2.17. The third kappa shape index (κ3) is 2.62. The Morgan fingerprint density at radius 2 is 2.00 bits per heavy atom. The number of thiazole rings is 1. The molecule has 0 aliphatic heterocycles. The van der Waals surface area contributed by atoms with Crippen LogP contribution in [0.25, 0.3) is 0 Å². The molecule has 0 saturated carbocycles. The zero-order chi connectivity index (χ0) is 13.2. The molecule has 2 rings (SSSR count). The van der Waals surface area contributed by atoms with E-state index in [1.54, 1.807) is 12.1 Å². The van der Waals surface area contributed by atoms with E-state index in [-0.39, 0.29) is 4.21 Å². The normalized spacial score (nSPS) is 11.2. The number of nitrogens with zero attached hydrogens (tertiary/aromatic N) is 2. The van der Waals surface area contributed by atoms with Gasteiger partial charge in [0.05, 0.1) is 23.1 Å². The van der Waals surface area contributed by atoms with Crippen LogP contribution in [0.15, 0.2) is 40.2 Å². The van der Waals surface area contributed by atoms with Gasteiger partial charge in [0.1, 0.15) is 0 Å². The third-order valence-corrected chi connectivity index (χ3v) is 4.94. The van der Waals surface area contributed by atoms with Gasteiger partial charge in [0.15, 0.2) is 4.21 Å². The van der Waals surface area contributed by atoms with E-state index in [1.165, 1.54) is 11.7 Å². The van der Waals surface area contributed by atoms with Crippen LogP contribution in [0.5, 0.6) is 0 Å². The summed E-state index contributed by atoms with van der Waals surface area (Å²) in [6, 6.07) is 7.23. The van der Waals surface area contributed by atoms with Crippen molar-refractivity contribution in [2.45, 2.75) is 4.21 Å². The van der Waals surface area contributed by atoms with Crippen LogP contribution < -0.4 is 9.62 Å². The summed E-state index contributed by atoms with van der Waals surface area (Å²) in [4.78, 5) is 5.63. The van der Waals surface area contributed by atoms with Gasteiger partial charge < -0.3 is 4.90 Å². The zero-order valence-electron chi connectivity index (χ0n) is 9.99. The first-order chi connectivity index (χ1) is 8.50. The summed E-state index contributed by atoms with van der Waals surface area (Å²) in [5.41, 5.74) is 2.85. The number of benzene rings is 1. The Hall–Kier alpha value is -1.60. The Bertz CT molecular complexity index is 621. The molecule has 0 saturated heterocycles. The average molecular weight is 283 g/mol. The van der Waals surface area contributed by atoms with Crippen LogP contribution >= 0.6 is 11.3 Å². The van der Waals surface area contributed by atoms with E-state index < -0.39 is 10.0 Å². The quantitative estimate of drug-likeness (QED) is 0.932. The van der Waals surface area contributed by atoms with Crippen LogP contribution in [0, 0.1) is 0 Å². The molecular formula is C11H13N3O2S2. The highest BCUT2D eigenvalue weighted by Crippen LogP contribution is 2.27. The second kappa shape index (κ2) is 4.95. The molecule has 0 unspecified atom stereocenters. The molecule has 18 heavy (non-hydrogen) atoms. The number of nitrogens with one attached hydrogen (secondary N) is 1. The first kappa shape index (κ1) is 12.8. The van der Waals surface area contributed by atoms with E-state index >= 15 is 0 Å². The number of aromatic nitrogens is 1.